The van der Waals surface area contributed by atoms with Gasteiger partial charge in [0.2, 0.25) is 0 Å². The highest BCUT2D eigenvalue weighted by Crippen LogP contribution is 2.27. The van der Waals surface area contributed by atoms with E-state index in [0.717, 1.165) is 37.9 Å². The zero-order chi connectivity index (χ0) is 14.5. The summed E-state index contributed by atoms with van der Waals surface area (Å²) in [6, 6.07) is 5.56. The minimum atomic E-state index is 0.0253. The van der Waals surface area contributed by atoms with Gasteiger partial charge in [-0.1, -0.05) is 11.6 Å². The van der Waals surface area contributed by atoms with Gasteiger partial charge in [-0.3, -0.25) is 4.79 Å². The summed E-state index contributed by atoms with van der Waals surface area (Å²) in [4.78, 5) is 14.6. The first-order valence-electron chi connectivity index (χ1n) is 7.06. The number of hydrogen-bond acceptors (Lipinski definition) is 3. The van der Waals surface area contributed by atoms with E-state index in [-0.39, 0.29) is 18.6 Å². The van der Waals surface area contributed by atoms with Crippen molar-refractivity contribution in [3.63, 3.8) is 0 Å². The Bertz CT molecular complexity index is 479. The Morgan fingerprint density at radius 3 is 3.05 bits per heavy atom. The van der Waals surface area contributed by atoms with Crippen LogP contribution in [0.2, 0.25) is 5.02 Å². The molecule has 1 amide bonds. The number of likely N-dealkylation sites (tertiary alicyclic amines) is 1. The number of hydrogen-bond donors (Lipinski definition) is 2. The number of anilines is 1. The van der Waals surface area contributed by atoms with Crippen LogP contribution >= 0.6 is 11.6 Å². The van der Waals surface area contributed by atoms with Crippen molar-refractivity contribution in [2.24, 2.45) is 0 Å². The molecule has 0 aromatic heterocycles. The number of halogens is 1. The summed E-state index contributed by atoms with van der Waals surface area (Å²) in [7, 11) is 1.80. The average Bonchev–Trinajstić information content (AvgIpc) is 2.92. The molecule has 1 fully saturated rings. The third kappa shape index (κ3) is 3.25. The quantitative estimate of drug-likeness (QED) is 0.878. The molecule has 1 atom stereocenters. The van der Waals surface area contributed by atoms with Crippen molar-refractivity contribution in [1.82, 2.24) is 4.90 Å². The van der Waals surface area contributed by atoms with Crippen molar-refractivity contribution in [3.05, 3.63) is 28.8 Å². The number of amides is 1. The van der Waals surface area contributed by atoms with Crippen LogP contribution in [0.5, 0.6) is 0 Å². The second-order valence-electron chi connectivity index (χ2n) is 5.10. The van der Waals surface area contributed by atoms with E-state index in [9.17, 15) is 4.79 Å². The number of carbonyl (C=O) groups is 1. The highest BCUT2D eigenvalue weighted by Gasteiger charge is 2.30. The van der Waals surface area contributed by atoms with Crippen molar-refractivity contribution in [3.8, 4) is 0 Å². The molecular weight excluding hydrogens is 276 g/mol. The molecule has 0 spiro atoms. The van der Waals surface area contributed by atoms with Crippen molar-refractivity contribution >= 4 is 23.2 Å². The van der Waals surface area contributed by atoms with Gasteiger partial charge in [0, 0.05) is 37.0 Å². The summed E-state index contributed by atoms with van der Waals surface area (Å²) < 4.78 is 0. The third-order valence-electron chi connectivity index (χ3n) is 3.81. The van der Waals surface area contributed by atoms with Crippen LogP contribution in [-0.2, 0) is 0 Å². The third-order valence-corrected chi connectivity index (χ3v) is 4.05. The minimum Gasteiger partial charge on any atom is -0.396 e. The van der Waals surface area contributed by atoms with Gasteiger partial charge < -0.3 is 15.3 Å². The van der Waals surface area contributed by atoms with Crippen LogP contribution in [0.1, 0.15) is 36.0 Å². The molecule has 0 bridgehead atoms. The fourth-order valence-electron chi connectivity index (χ4n) is 2.80. The summed E-state index contributed by atoms with van der Waals surface area (Å²) in [6.45, 7) is 0.960. The van der Waals surface area contributed by atoms with E-state index in [1.54, 1.807) is 19.2 Å². The molecule has 1 aliphatic rings. The summed E-state index contributed by atoms with van der Waals surface area (Å²) in [5.74, 6) is 0.0253. The fourth-order valence-corrected chi connectivity index (χ4v) is 2.97. The van der Waals surface area contributed by atoms with Gasteiger partial charge >= 0.3 is 0 Å². The predicted molar refractivity (Wildman–Crippen MR) is 81.4 cm³/mol. The highest BCUT2D eigenvalue weighted by atomic mass is 35.5. The van der Waals surface area contributed by atoms with Crippen LogP contribution in [0.4, 0.5) is 5.69 Å². The number of nitrogens with zero attached hydrogens (tertiary/aromatic N) is 1. The molecule has 20 heavy (non-hydrogen) atoms. The molecule has 2 N–H and O–H groups in total. The largest absolute Gasteiger partial charge is 0.396 e. The Morgan fingerprint density at radius 1 is 1.55 bits per heavy atom. The van der Waals surface area contributed by atoms with Gasteiger partial charge in [-0.2, -0.15) is 0 Å². The zero-order valence-corrected chi connectivity index (χ0v) is 12.5. The van der Waals surface area contributed by atoms with Gasteiger partial charge in [0.25, 0.3) is 5.91 Å². The SMILES string of the molecule is CNc1ccc(Cl)cc1C(=O)N1CCCC1CCCO. The fraction of sp³-hybridized carbons (Fsp3) is 0.533. The van der Waals surface area contributed by atoms with Gasteiger partial charge in [0.1, 0.15) is 0 Å². The second-order valence-corrected chi connectivity index (χ2v) is 5.54. The van der Waals surface area contributed by atoms with Crippen molar-refractivity contribution in [2.45, 2.75) is 31.7 Å². The van der Waals surface area contributed by atoms with E-state index in [0.29, 0.717) is 10.6 Å². The van der Waals surface area contributed by atoms with E-state index in [1.165, 1.54) is 0 Å². The van der Waals surface area contributed by atoms with Crippen LogP contribution in [0.15, 0.2) is 18.2 Å². The molecule has 5 heteroatoms. The summed E-state index contributed by atoms with van der Waals surface area (Å²) in [5, 5.41) is 12.6. The summed E-state index contributed by atoms with van der Waals surface area (Å²) >= 11 is 6.01. The first-order chi connectivity index (χ1) is 9.67. The van der Waals surface area contributed by atoms with Gasteiger partial charge in [-0.05, 0) is 43.9 Å². The van der Waals surface area contributed by atoms with Crippen molar-refractivity contribution in [1.29, 1.82) is 0 Å². The van der Waals surface area contributed by atoms with E-state index in [2.05, 4.69) is 5.32 Å². The van der Waals surface area contributed by atoms with Crippen molar-refractivity contribution in [2.75, 3.05) is 25.5 Å². The first-order valence-corrected chi connectivity index (χ1v) is 7.44. The Kier molecular flexibility index (Phi) is 5.26. The molecular formula is C15H21ClN2O2. The van der Waals surface area contributed by atoms with Crippen molar-refractivity contribution < 1.29 is 9.90 Å². The van der Waals surface area contributed by atoms with Crippen LogP contribution in [0, 0.1) is 0 Å². The molecule has 1 aliphatic heterocycles. The number of benzene rings is 1. The Morgan fingerprint density at radius 2 is 2.35 bits per heavy atom. The van der Waals surface area contributed by atoms with E-state index in [4.69, 9.17) is 16.7 Å². The molecule has 1 saturated heterocycles. The average molecular weight is 297 g/mol. The highest BCUT2D eigenvalue weighted by molar-refractivity contribution is 6.31. The van der Waals surface area contributed by atoms with Crippen LogP contribution in [0.25, 0.3) is 0 Å². The lowest BCUT2D eigenvalue weighted by atomic mass is 10.1. The van der Waals surface area contributed by atoms with Crippen LogP contribution < -0.4 is 5.32 Å². The maximum absolute atomic E-state index is 12.7. The number of carbonyl (C=O) groups excluding carboxylic acids is 1. The van der Waals surface area contributed by atoms with E-state index in [1.807, 2.05) is 11.0 Å². The molecule has 0 saturated carbocycles. The predicted octanol–water partition coefficient (Wildman–Crippen LogP) is 2.76. The molecule has 1 unspecified atom stereocenters. The molecule has 110 valence electrons. The lowest BCUT2D eigenvalue weighted by molar-refractivity contribution is 0.0725. The maximum atomic E-state index is 12.7. The number of nitrogens with one attached hydrogen (secondary N) is 1. The van der Waals surface area contributed by atoms with Crippen LogP contribution in [0.3, 0.4) is 0 Å². The van der Waals surface area contributed by atoms with Gasteiger partial charge in [-0.15, -0.1) is 0 Å². The number of aliphatic hydroxyl groups is 1. The molecule has 0 radical (unpaired) electrons. The second kappa shape index (κ2) is 6.95. The van der Waals surface area contributed by atoms with E-state index < -0.39 is 0 Å². The molecule has 2 rings (SSSR count). The Labute approximate surface area is 124 Å². The van der Waals surface area contributed by atoms with Crippen LogP contribution in [-0.4, -0.2) is 42.2 Å². The lowest BCUT2D eigenvalue weighted by Gasteiger charge is -2.25. The maximum Gasteiger partial charge on any atom is 0.256 e. The normalized spacial score (nSPS) is 18.4. The van der Waals surface area contributed by atoms with E-state index >= 15 is 0 Å². The molecule has 1 aromatic carbocycles. The smallest absolute Gasteiger partial charge is 0.256 e. The Hall–Kier alpha value is -1.26. The summed E-state index contributed by atoms with van der Waals surface area (Å²) in [5.41, 5.74) is 1.42. The molecule has 0 aliphatic carbocycles. The topological polar surface area (TPSA) is 52.6 Å². The lowest BCUT2D eigenvalue weighted by Crippen LogP contribution is -2.36. The minimum absolute atomic E-state index is 0.0253. The first kappa shape index (κ1) is 15.1. The van der Waals surface area contributed by atoms with Gasteiger partial charge in [-0.25, -0.2) is 0 Å². The number of aliphatic hydroxyl groups excluding tert-OH is 1. The molecule has 1 aromatic rings. The zero-order valence-electron chi connectivity index (χ0n) is 11.7. The Balaban J connectivity index is 2.19. The molecule has 1 heterocycles. The monoisotopic (exact) mass is 296 g/mol. The summed E-state index contributed by atoms with van der Waals surface area (Å²) in [6.07, 6.45) is 3.64. The standard InChI is InChI=1S/C15H21ClN2O2/c1-17-14-7-6-11(16)10-13(14)15(20)18-8-2-4-12(18)5-3-9-19/h6-7,10,12,17,19H,2-5,8-9H2,1H3. The van der Waals surface area contributed by atoms with Gasteiger partial charge in [0.15, 0.2) is 0 Å². The number of rotatable bonds is 5. The molecule has 4 nitrogen and oxygen atoms in total. The van der Waals surface area contributed by atoms with Gasteiger partial charge in [0.05, 0.1) is 5.56 Å².